The Hall–Kier alpha value is -1.59. The maximum atomic E-state index is 12.1. The first-order valence-corrected chi connectivity index (χ1v) is 12.0. The number of aryl methyl sites for hydroxylation is 1. The summed E-state index contributed by atoms with van der Waals surface area (Å²) in [5, 5.41) is 11.9. The number of aliphatic imine (C=N–C) groups is 1. The number of piperidine rings is 1. The maximum absolute atomic E-state index is 12.1. The van der Waals surface area contributed by atoms with Gasteiger partial charge in [0.25, 0.3) is 5.91 Å². The standard InChI is InChI=1S/C23H35N5O2S.HI/c1-17-7-12-28(13-8-17)19(20-6-4-15-31-20)16-27-23(24-3)26-11-5-10-25-22(29)21-18(2)9-14-30-21;/h4,6,9,14-15,17,19H,5,7-8,10-13,16H2,1-3H3,(H,25,29)(H2,24,26,27);1H. The van der Waals surface area contributed by atoms with Gasteiger partial charge in [-0.15, -0.1) is 35.3 Å². The molecule has 0 aromatic carbocycles. The van der Waals surface area contributed by atoms with Gasteiger partial charge in [0.05, 0.1) is 12.3 Å². The third-order valence-electron chi connectivity index (χ3n) is 5.82. The van der Waals surface area contributed by atoms with Crippen LogP contribution in [-0.4, -0.2) is 56.5 Å². The summed E-state index contributed by atoms with van der Waals surface area (Å²) in [4.78, 5) is 20.4. The zero-order chi connectivity index (χ0) is 22.1. The van der Waals surface area contributed by atoms with Crippen molar-refractivity contribution in [1.29, 1.82) is 0 Å². The van der Waals surface area contributed by atoms with Gasteiger partial charge in [-0.3, -0.25) is 14.7 Å². The Bertz CT molecular complexity index is 831. The highest BCUT2D eigenvalue weighted by molar-refractivity contribution is 14.0. The number of carbonyl (C=O) groups is 1. The lowest BCUT2D eigenvalue weighted by atomic mass is 9.97. The third-order valence-corrected chi connectivity index (χ3v) is 6.79. The predicted octanol–water partition coefficient (Wildman–Crippen LogP) is 4.03. The lowest BCUT2D eigenvalue weighted by Crippen LogP contribution is -2.45. The molecule has 0 saturated carbocycles. The molecule has 1 amide bonds. The Morgan fingerprint density at radius 2 is 2.00 bits per heavy atom. The van der Waals surface area contributed by atoms with E-state index in [0.717, 1.165) is 50.0 Å². The van der Waals surface area contributed by atoms with E-state index in [1.54, 1.807) is 13.1 Å². The van der Waals surface area contributed by atoms with Crippen molar-refractivity contribution >= 4 is 47.2 Å². The summed E-state index contributed by atoms with van der Waals surface area (Å²) in [5.74, 6) is 1.83. The number of thiophene rings is 1. The molecule has 0 spiro atoms. The number of likely N-dealkylation sites (tertiary alicyclic amines) is 1. The van der Waals surface area contributed by atoms with Gasteiger partial charge in [-0.2, -0.15) is 0 Å². The number of rotatable bonds is 9. The molecule has 0 aliphatic carbocycles. The summed E-state index contributed by atoms with van der Waals surface area (Å²) in [6, 6.07) is 6.52. The lowest BCUT2D eigenvalue weighted by molar-refractivity contribution is 0.0925. The highest BCUT2D eigenvalue weighted by atomic mass is 127. The largest absolute Gasteiger partial charge is 0.459 e. The van der Waals surface area contributed by atoms with Crippen LogP contribution in [0.15, 0.2) is 39.3 Å². The number of amides is 1. The average Bonchev–Trinajstić information content (AvgIpc) is 3.45. The second-order valence-electron chi connectivity index (χ2n) is 8.17. The number of nitrogens with one attached hydrogen (secondary N) is 3. The monoisotopic (exact) mass is 573 g/mol. The van der Waals surface area contributed by atoms with Gasteiger partial charge in [0.1, 0.15) is 0 Å². The molecular formula is C23H36IN5O2S. The first-order valence-electron chi connectivity index (χ1n) is 11.1. The van der Waals surface area contributed by atoms with Crippen LogP contribution in [0.5, 0.6) is 0 Å². The average molecular weight is 574 g/mol. The van der Waals surface area contributed by atoms with E-state index in [-0.39, 0.29) is 29.9 Å². The van der Waals surface area contributed by atoms with Crippen molar-refractivity contribution in [1.82, 2.24) is 20.9 Å². The fourth-order valence-corrected chi connectivity index (χ4v) is 4.69. The second kappa shape index (κ2) is 13.8. The number of guanidine groups is 1. The number of hydrogen-bond acceptors (Lipinski definition) is 5. The molecule has 3 N–H and O–H groups in total. The van der Waals surface area contributed by atoms with Crippen molar-refractivity contribution in [3.05, 3.63) is 46.0 Å². The third kappa shape index (κ3) is 7.77. The Balaban J connectivity index is 0.00000363. The summed E-state index contributed by atoms with van der Waals surface area (Å²) in [6.45, 7) is 8.62. The Labute approximate surface area is 212 Å². The van der Waals surface area contributed by atoms with Crippen LogP contribution < -0.4 is 16.0 Å². The van der Waals surface area contributed by atoms with Crippen molar-refractivity contribution in [2.75, 3.05) is 39.8 Å². The van der Waals surface area contributed by atoms with Crippen LogP contribution in [0.25, 0.3) is 0 Å². The molecule has 7 nitrogen and oxygen atoms in total. The summed E-state index contributed by atoms with van der Waals surface area (Å²) < 4.78 is 5.22. The molecule has 3 heterocycles. The molecule has 1 atom stereocenters. The molecule has 178 valence electrons. The van der Waals surface area contributed by atoms with Crippen LogP contribution >= 0.6 is 35.3 Å². The van der Waals surface area contributed by atoms with Crippen LogP contribution in [-0.2, 0) is 0 Å². The molecule has 2 aromatic rings. The summed E-state index contributed by atoms with van der Waals surface area (Å²) >= 11 is 1.82. The molecule has 9 heteroatoms. The molecule has 1 aliphatic rings. The summed E-state index contributed by atoms with van der Waals surface area (Å²) in [7, 11) is 1.79. The smallest absolute Gasteiger partial charge is 0.287 e. The normalized spacial score (nSPS) is 16.3. The van der Waals surface area contributed by atoms with Crippen LogP contribution in [0.1, 0.15) is 53.2 Å². The quantitative estimate of drug-likeness (QED) is 0.183. The minimum absolute atomic E-state index is 0. The van der Waals surface area contributed by atoms with E-state index in [4.69, 9.17) is 4.42 Å². The molecule has 1 fully saturated rings. The minimum Gasteiger partial charge on any atom is -0.459 e. The van der Waals surface area contributed by atoms with E-state index >= 15 is 0 Å². The zero-order valence-corrected chi connectivity index (χ0v) is 22.4. The number of hydrogen-bond donors (Lipinski definition) is 3. The van der Waals surface area contributed by atoms with Gasteiger partial charge >= 0.3 is 0 Å². The topological polar surface area (TPSA) is 81.9 Å². The van der Waals surface area contributed by atoms with Crippen molar-refractivity contribution in [2.24, 2.45) is 10.9 Å². The van der Waals surface area contributed by atoms with Crippen molar-refractivity contribution in [3.63, 3.8) is 0 Å². The molecular weight excluding hydrogens is 537 g/mol. The van der Waals surface area contributed by atoms with Crippen molar-refractivity contribution in [2.45, 2.75) is 39.2 Å². The van der Waals surface area contributed by atoms with Crippen LogP contribution in [0.3, 0.4) is 0 Å². The van der Waals surface area contributed by atoms with Crippen LogP contribution in [0, 0.1) is 12.8 Å². The molecule has 32 heavy (non-hydrogen) atoms. The first kappa shape index (κ1) is 26.7. The number of carbonyl (C=O) groups excluding carboxylic acids is 1. The van der Waals surface area contributed by atoms with Gasteiger partial charge in [-0.05, 0) is 62.7 Å². The summed E-state index contributed by atoms with van der Waals surface area (Å²) in [5.41, 5.74) is 0.851. The number of nitrogens with zero attached hydrogens (tertiary/aromatic N) is 2. The number of furan rings is 1. The minimum atomic E-state index is -0.167. The van der Waals surface area contributed by atoms with Crippen molar-refractivity contribution in [3.8, 4) is 0 Å². The fraction of sp³-hybridized carbons (Fsp3) is 0.565. The number of halogens is 1. The second-order valence-corrected chi connectivity index (χ2v) is 9.15. The fourth-order valence-electron chi connectivity index (χ4n) is 3.83. The van der Waals surface area contributed by atoms with E-state index in [9.17, 15) is 4.79 Å². The van der Waals surface area contributed by atoms with E-state index in [0.29, 0.717) is 18.3 Å². The molecule has 0 radical (unpaired) electrons. The summed E-state index contributed by atoms with van der Waals surface area (Å²) in [6.07, 6.45) is 4.86. The highest BCUT2D eigenvalue weighted by Crippen LogP contribution is 2.29. The first-order chi connectivity index (χ1) is 15.1. The molecule has 1 aliphatic heterocycles. The van der Waals surface area contributed by atoms with Gasteiger partial charge < -0.3 is 20.4 Å². The van der Waals surface area contributed by atoms with Crippen molar-refractivity contribution < 1.29 is 9.21 Å². The van der Waals surface area contributed by atoms with E-state index < -0.39 is 0 Å². The zero-order valence-electron chi connectivity index (χ0n) is 19.2. The van der Waals surface area contributed by atoms with Gasteiger partial charge in [0.2, 0.25) is 0 Å². The molecule has 0 bridgehead atoms. The van der Waals surface area contributed by atoms with Gasteiger partial charge in [-0.25, -0.2) is 0 Å². The highest BCUT2D eigenvalue weighted by Gasteiger charge is 2.25. The Morgan fingerprint density at radius 3 is 2.62 bits per heavy atom. The lowest BCUT2D eigenvalue weighted by Gasteiger charge is -2.36. The Kier molecular flexibility index (Phi) is 11.5. The van der Waals surface area contributed by atoms with Gasteiger partial charge in [0.15, 0.2) is 11.7 Å². The van der Waals surface area contributed by atoms with E-state index in [1.165, 1.54) is 24.0 Å². The molecule has 3 rings (SSSR count). The van der Waals surface area contributed by atoms with Gasteiger partial charge in [-0.1, -0.05) is 13.0 Å². The molecule has 1 unspecified atom stereocenters. The molecule has 1 saturated heterocycles. The van der Waals surface area contributed by atoms with Crippen LogP contribution in [0.2, 0.25) is 0 Å². The molecule has 2 aromatic heterocycles. The van der Waals surface area contributed by atoms with E-state index in [2.05, 4.69) is 50.3 Å². The maximum Gasteiger partial charge on any atom is 0.287 e. The SMILES string of the molecule is CN=C(NCCCNC(=O)c1occc1C)NCC(c1cccs1)N1CCC(C)CC1.I. The van der Waals surface area contributed by atoms with E-state index in [1.807, 2.05) is 18.3 Å². The van der Waals surface area contributed by atoms with Crippen LogP contribution in [0.4, 0.5) is 0 Å². The van der Waals surface area contributed by atoms with Gasteiger partial charge in [0, 0.05) is 37.1 Å². The Morgan fingerprint density at radius 1 is 1.25 bits per heavy atom. The predicted molar refractivity (Wildman–Crippen MR) is 142 cm³/mol.